The van der Waals surface area contributed by atoms with Crippen molar-refractivity contribution in [2.24, 2.45) is 34.5 Å². The molecule has 0 radical (unpaired) electrons. The van der Waals surface area contributed by atoms with Gasteiger partial charge in [0.25, 0.3) is 0 Å². The summed E-state index contributed by atoms with van der Waals surface area (Å²) in [7, 11) is 1.69. The lowest BCUT2D eigenvalue weighted by Crippen LogP contribution is -2.31. The Morgan fingerprint density at radius 1 is 0.465 bits per heavy atom. The first-order valence-electron chi connectivity index (χ1n) is 27.8. The molecule has 4 saturated carbocycles. The van der Waals surface area contributed by atoms with Crippen LogP contribution in [0.1, 0.15) is 194 Å². The number of benzene rings is 5. The molecule has 4 aliphatic carbocycles. The molecule has 2 spiro atoms. The number of ether oxygens (including phenoxy) is 1. The standard InChI is InChI=1S/C16H16O2.2C14H26.3C6H6O.2C2H6/c1-12(17)14-7-9-16(10-8-14)15-5-3-13(4-6-15)11-18-2;2*1-3-13-6-10-14(11-7-13)8-4-12(2)5-9-14;3*7-6-4-2-1-3-5-6;2*1-2/h3-10H,11H2,1-2H3;2*12-13H,3-11H2,1-2H3;3*1-5,7H;2*1-2H3. The van der Waals surface area contributed by atoms with E-state index >= 15 is 0 Å². The summed E-state index contributed by atoms with van der Waals surface area (Å²) < 4.78 is 5.08. The lowest BCUT2D eigenvalue weighted by atomic mass is 9.61. The molecule has 0 aliphatic heterocycles. The van der Waals surface area contributed by atoms with Gasteiger partial charge in [0.05, 0.1) is 6.61 Å². The number of aromatic hydroxyl groups is 3. The Kier molecular flexibility index (Phi) is 31.7. The topological polar surface area (TPSA) is 87.0 Å². The highest BCUT2D eigenvalue weighted by Crippen LogP contribution is 2.51. The Bertz CT molecular complexity index is 1860. The summed E-state index contributed by atoms with van der Waals surface area (Å²) in [5.74, 6) is 5.23. The third kappa shape index (κ3) is 24.9. The smallest absolute Gasteiger partial charge is 0.159 e. The molecule has 4 fully saturated rings. The Morgan fingerprint density at radius 2 is 0.746 bits per heavy atom. The van der Waals surface area contributed by atoms with Crippen molar-refractivity contribution in [3.05, 3.63) is 151 Å². The van der Waals surface area contributed by atoms with E-state index in [-0.39, 0.29) is 5.78 Å². The highest BCUT2D eigenvalue weighted by molar-refractivity contribution is 5.94. The monoisotopic (exact) mass is 971 g/mol. The lowest BCUT2D eigenvalue weighted by Gasteiger charge is -2.44. The van der Waals surface area contributed by atoms with Crippen molar-refractivity contribution in [2.75, 3.05) is 7.11 Å². The van der Waals surface area contributed by atoms with Gasteiger partial charge in [-0.15, -0.1) is 0 Å². The number of rotatable bonds is 6. The van der Waals surface area contributed by atoms with E-state index in [1.165, 1.54) is 64.2 Å². The number of hydrogen-bond donors (Lipinski definition) is 3. The van der Waals surface area contributed by atoms with E-state index in [2.05, 4.69) is 52.0 Å². The van der Waals surface area contributed by atoms with Gasteiger partial charge in [-0.3, -0.25) is 4.79 Å². The lowest BCUT2D eigenvalue weighted by molar-refractivity contribution is 0.0784. The van der Waals surface area contributed by atoms with Crippen LogP contribution in [-0.4, -0.2) is 28.2 Å². The van der Waals surface area contributed by atoms with Gasteiger partial charge in [0.2, 0.25) is 0 Å². The van der Waals surface area contributed by atoms with Crippen molar-refractivity contribution < 1.29 is 24.9 Å². The van der Waals surface area contributed by atoms with E-state index in [9.17, 15) is 4.79 Å². The summed E-state index contributed by atoms with van der Waals surface area (Å²) in [6.45, 7) is 19.8. The molecule has 5 nitrogen and oxygen atoms in total. The maximum Gasteiger partial charge on any atom is 0.159 e. The van der Waals surface area contributed by atoms with Crippen LogP contribution in [0.2, 0.25) is 0 Å². The Balaban J connectivity index is 0.000000298. The van der Waals surface area contributed by atoms with E-state index in [0.29, 0.717) is 23.9 Å². The summed E-state index contributed by atoms with van der Waals surface area (Å²) in [4.78, 5) is 11.2. The van der Waals surface area contributed by atoms with Gasteiger partial charge < -0.3 is 20.1 Å². The predicted octanol–water partition coefficient (Wildman–Crippen LogP) is 19.5. The summed E-state index contributed by atoms with van der Waals surface area (Å²) in [5.41, 5.74) is 5.79. The Labute approximate surface area is 433 Å². The summed E-state index contributed by atoms with van der Waals surface area (Å²) in [6, 6.07) is 42.1. The molecule has 3 N–H and O–H groups in total. The van der Waals surface area contributed by atoms with Crippen LogP contribution in [0.25, 0.3) is 11.1 Å². The third-order valence-corrected chi connectivity index (χ3v) is 15.3. The minimum absolute atomic E-state index is 0.0944. The predicted molar refractivity (Wildman–Crippen MR) is 304 cm³/mol. The molecule has 0 amide bonds. The van der Waals surface area contributed by atoms with E-state index < -0.39 is 0 Å². The zero-order valence-electron chi connectivity index (χ0n) is 46.2. The van der Waals surface area contributed by atoms with Crippen molar-refractivity contribution in [1.29, 1.82) is 0 Å². The molecule has 4 aliphatic rings. The van der Waals surface area contributed by atoms with Crippen molar-refractivity contribution in [3.63, 3.8) is 0 Å². The number of Topliss-reactive ketones (excluding diaryl/α,β-unsaturated/α-hetero) is 1. The second-order valence-electron chi connectivity index (χ2n) is 20.3. The maximum absolute atomic E-state index is 11.2. The number of phenols is 3. The van der Waals surface area contributed by atoms with E-state index in [4.69, 9.17) is 20.1 Å². The largest absolute Gasteiger partial charge is 0.508 e. The van der Waals surface area contributed by atoms with Gasteiger partial charge in [0.15, 0.2) is 5.78 Å². The summed E-state index contributed by atoms with van der Waals surface area (Å²) >= 11 is 0. The SMILES string of the molecule is CC.CC.CCC1CCC2(CCC(C)CC2)CC1.CCC1CCC2(CCC(C)CC2)CC1.COCc1ccc(-c2ccc(C(C)=O)cc2)cc1.Oc1ccccc1.Oc1ccccc1.Oc1ccccc1. The Hall–Kier alpha value is -4.87. The molecule has 9 rings (SSSR count). The zero-order valence-corrected chi connectivity index (χ0v) is 46.2. The van der Waals surface area contributed by atoms with Crippen LogP contribution >= 0.6 is 0 Å². The van der Waals surface area contributed by atoms with Gasteiger partial charge >= 0.3 is 0 Å². The van der Waals surface area contributed by atoms with Crippen LogP contribution in [0.15, 0.2) is 140 Å². The van der Waals surface area contributed by atoms with Gasteiger partial charge in [-0.1, -0.05) is 197 Å². The van der Waals surface area contributed by atoms with Gasteiger partial charge in [0.1, 0.15) is 17.2 Å². The molecular formula is C66H98O5. The molecule has 392 valence electrons. The zero-order chi connectivity index (χ0) is 52.3. The fourth-order valence-electron chi connectivity index (χ4n) is 10.3. The van der Waals surface area contributed by atoms with Crippen molar-refractivity contribution in [1.82, 2.24) is 0 Å². The second-order valence-corrected chi connectivity index (χ2v) is 20.3. The van der Waals surface area contributed by atoms with Crippen LogP contribution in [-0.2, 0) is 11.3 Å². The molecule has 5 aromatic rings. The average Bonchev–Trinajstić information content (AvgIpc) is 3.42. The number of para-hydroxylation sites is 3. The average molecular weight is 972 g/mol. The molecule has 5 aromatic carbocycles. The quantitative estimate of drug-likeness (QED) is 0.148. The van der Waals surface area contributed by atoms with Crippen LogP contribution in [0.3, 0.4) is 0 Å². The first-order chi connectivity index (χ1) is 34.4. The van der Waals surface area contributed by atoms with Crippen LogP contribution < -0.4 is 0 Å². The number of carbonyl (C=O) groups excluding carboxylic acids is 1. The molecule has 0 heterocycles. The van der Waals surface area contributed by atoms with Crippen LogP contribution in [0, 0.1) is 34.5 Å². The van der Waals surface area contributed by atoms with Gasteiger partial charge in [0, 0.05) is 12.7 Å². The highest BCUT2D eigenvalue weighted by Gasteiger charge is 2.38. The van der Waals surface area contributed by atoms with Crippen molar-refractivity contribution in [3.8, 4) is 28.4 Å². The Morgan fingerprint density at radius 3 is 0.986 bits per heavy atom. The van der Waals surface area contributed by atoms with E-state index in [0.717, 1.165) is 56.8 Å². The number of methoxy groups -OCH3 is 1. The number of phenolic OH excluding ortho intramolecular Hbond substituents is 3. The minimum Gasteiger partial charge on any atom is -0.508 e. The third-order valence-electron chi connectivity index (χ3n) is 15.3. The van der Waals surface area contributed by atoms with Crippen molar-refractivity contribution >= 4 is 5.78 Å². The van der Waals surface area contributed by atoms with E-state index in [1.807, 2.05) is 70.2 Å². The molecule has 0 aromatic heterocycles. The van der Waals surface area contributed by atoms with Crippen LogP contribution in [0.5, 0.6) is 17.2 Å². The van der Waals surface area contributed by atoms with Crippen LogP contribution in [0.4, 0.5) is 0 Å². The first kappa shape index (κ1) is 62.2. The molecule has 0 bridgehead atoms. The number of ketones is 1. The number of carbonyl (C=O) groups is 1. The molecule has 5 heteroatoms. The van der Waals surface area contributed by atoms with E-state index in [1.54, 1.807) is 138 Å². The summed E-state index contributed by atoms with van der Waals surface area (Å²) in [6.07, 6.45) is 27.4. The normalized spacial score (nSPS) is 22.7. The van der Waals surface area contributed by atoms with Gasteiger partial charge in [-0.2, -0.15) is 0 Å². The molecule has 71 heavy (non-hydrogen) atoms. The van der Waals surface area contributed by atoms with Crippen molar-refractivity contribution in [2.45, 2.75) is 184 Å². The maximum atomic E-state index is 11.2. The van der Waals surface area contributed by atoms with Gasteiger partial charge in [-0.25, -0.2) is 0 Å². The first-order valence-corrected chi connectivity index (χ1v) is 27.8. The minimum atomic E-state index is 0.0944. The fraction of sp³-hybridized carbons (Fsp3) is 0.530. The second kappa shape index (κ2) is 36.1. The summed E-state index contributed by atoms with van der Waals surface area (Å²) in [5, 5.41) is 25.9. The molecule has 0 atom stereocenters. The highest BCUT2D eigenvalue weighted by atomic mass is 16.5. The molecule has 0 unspecified atom stereocenters. The van der Waals surface area contributed by atoms with Gasteiger partial charge in [-0.05, 0) is 172 Å². The molecular weight excluding hydrogens is 873 g/mol. The molecule has 0 saturated heterocycles. The fourth-order valence-corrected chi connectivity index (χ4v) is 10.3. The number of hydrogen-bond acceptors (Lipinski definition) is 5.